The van der Waals surface area contributed by atoms with Crippen LogP contribution in [0.2, 0.25) is 0 Å². The molecule has 3 fully saturated rings. The number of hydrogen-bond acceptors (Lipinski definition) is 9. The van der Waals surface area contributed by atoms with Crippen molar-refractivity contribution in [1.29, 1.82) is 0 Å². The second-order valence-electron chi connectivity index (χ2n) is 15.6. The molecule has 3 aliphatic rings. The molecule has 0 spiro atoms. The van der Waals surface area contributed by atoms with Gasteiger partial charge in [-0.3, -0.25) is 9.59 Å². The van der Waals surface area contributed by atoms with Gasteiger partial charge in [-0.05, 0) is 84.6 Å². The molecule has 7 rings (SSSR count). The number of benzene rings is 2. The maximum atomic E-state index is 13.6. The number of aromatic nitrogens is 4. The molecule has 340 valence electrons. The van der Waals surface area contributed by atoms with Crippen LogP contribution in [0.25, 0.3) is 22.3 Å². The summed E-state index contributed by atoms with van der Waals surface area (Å²) in [5.41, 5.74) is 6.37. The Morgan fingerprint density at radius 3 is 2.03 bits per heavy atom. The Balaban J connectivity index is 0.00000310. The summed E-state index contributed by atoms with van der Waals surface area (Å²) in [6.07, 6.45) is 6.91. The zero-order valence-corrected chi connectivity index (χ0v) is 38.5. The zero-order valence-electron chi connectivity index (χ0n) is 34.5. The SMILES string of the molecule is C.C.COOC=N[C@H](C(=O)N1CCC[C@H]1c1ncc(-c2ccc([C@@H]3C[C@H]3c3ccc4nc([C@@H]5CCCN5C(=O)[C@@H](NC(=O)OC)C(C)C)[nH]c4c3)cc2)[nH]1)C(C)C.S.S.S.S. The number of aliphatic imine (C=N–C) groups is 1. The smallest absolute Gasteiger partial charge is 0.407 e. The van der Waals surface area contributed by atoms with Crippen LogP contribution in [0.1, 0.15) is 121 Å². The van der Waals surface area contributed by atoms with Crippen LogP contribution in [-0.4, -0.2) is 93.4 Å². The van der Waals surface area contributed by atoms with Crippen LogP contribution in [0, 0.1) is 11.8 Å². The first kappa shape index (κ1) is 55.2. The van der Waals surface area contributed by atoms with E-state index in [2.05, 4.69) is 67.6 Å². The fraction of sp³-hybridized carbons (Fsp3) is 0.535. The fourth-order valence-corrected chi connectivity index (χ4v) is 8.26. The van der Waals surface area contributed by atoms with Crippen LogP contribution in [0.4, 0.5) is 4.79 Å². The van der Waals surface area contributed by atoms with Gasteiger partial charge in [0.15, 0.2) is 0 Å². The average Bonchev–Trinajstić information content (AvgIpc) is 3.69. The number of rotatable bonds is 13. The van der Waals surface area contributed by atoms with Gasteiger partial charge in [-0.15, -0.1) is 0 Å². The molecule has 3 amide bonds. The number of H-pyrrole nitrogens is 2. The van der Waals surface area contributed by atoms with E-state index in [1.165, 1.54) is 31.7 Å². The standard InChI is InChI=1S/C41H52N8O6.2CH4.4H2S/c1-23(2)35(43-22-55-54-6)39(50)48-17-7-9-33(48)37-42-21-32(46-37)26-13-11-25(12-14-26)28-20-29(28)27-15-16-30-31(19-27)45-38(44-30)34-10-8-18-49(34)40(51)36(24(3)4)47-41(52)53-5;;;;;;/h11-16,19,21-24,28-29,33-36H,7-10,17-18,20H2,1-6H3,(H,42,46)(H,44,45)(H,47,52);2*1H4;4*1H2/t28-,29-,33-,34-,35-,36-;;;;;;/m0....../s1. The third kappa shape index (κ3) is 12.0. The minimum absolute atomic E-state index is 0. The van der Waals surface area contributed by atoms with Crippen molar-refractivity contribution in [3.63, 3.8) is 0 Å². The lowest BCUT2D eigenvalue weighted by molar-refractivity contribution is -0.188. The number of alkyl carbamates (subject to hydrolysis) is 1. The second kappa shape index (κ2) is 24.1. The number of amides is 3. The molecule has 2 saturated heterocycles. The van der Waals surface area contributed by atoms with Crippen molar-refractivity contribution in [2.45, 2.75) is 111 Å². The van der Waals surface area contributed by atoms with Gasteiger partial charge in [0.05, 0.1) is 49.2 Å². The van der Waals surface area contributed by atoms with E-state index in [4.69, 9.17) is 19.6 Å². The van der Waals surface area contributed by atoms with Gasteiger partial charge in [-0.2, -0.15) is 58.9 Å². The molecule has 0 radical (unpaired) electrons. The highest BCUT2D eigenvalue weighted by atomic mass is 32.1. The van der Waals surface area contributed by atoms with Gasteiger partial charge in [0, 0.05) is 13.1 Å². The Morgan fingerprint density at radius 2 is 1.43 bits per heavy atom. The molecule has 2 aliphatic heterocycles. The Kier molecular flexibility index (Phi) is 21.8. The number of likely N-dealkylation sites (tertiary alicyclic amines) is 2. The highest BCUT2D eigenvalue weighted by molar-refractivity contribution is 7.59. The zero-order chi connectivity index (χ0) is 38.8. The number of methoxy groups -OCH3 is 1. The summed E-state index contributed by atoms with van der Waals surface area (Å²) in [5, 5.41) is 2.72. The molecule has 1 aliphatic carbocycles. The second-order valence-corrected chi connectivity index (χ2v) is 15.6. The summed E-state index contributed by atoms with van der Waals surface area (Å²) in [5.74, 6) is 2.14. The lowest BCUT2D eigenvalue weighted by atomic mass is 10.0. The van der Waals surface area contributed by atoms with E-state index in [-0.39, 0.29) is 105 Å². The van der Waals surface area contributed by atoms with Crippen LogP contribution in [0.3, 0.4) is 0 Å². The van der Waals surface area contributed by atoms with Gasteiger partial charge in [0.25, 0.3) is 0 Å². The van der Waals surface area contributed by atoms with Crippen molar-refractivity contribution in [1.82, 2.24) is 35.1 Å². The summed E-state index contributed by atoms with van der Waals surface area (Å²) in [7, 11) is 2.70. The molecule has 2 aromatic heterocycles. The van der Waals surface area contributed by atoms with Crippen molar-refractivity contribution in [2.24, 2.45) is 16.8 Å². The van der Waals surface area contributed by atoms with Crippen LogP contribution < -0.4 is 5.32 Å². The van der Waals surface area contributed by atoms with E-state index in [0.29, 0.717) is 24.9 Å². The number of fused-ring (bicyclic) bond motifs is 1. The number of hydrogen-bond donors (Lipinski definition) is 3. The van der Waals surface area contributed by atoms with E-state index in [0.717, 1.165) is 66.0 Å². The Hall–Kier alpha value is -3.84. The Morgan fingerprint density at radius 1 is 0.820 bits per heavy atom. The normalized spacial score (nSPS) is 20.0. The average molecular weight is 921 g/mol. The fourth-order valence-electron chi connectivity index (χ4n) is 8.26. The number of nitrogens with one attached hydrogen (secondary N) is 3. The summed E-state index contributed by atoms with van der Waals surface area (Å²) in [6.45, 7) is 9.05. The summed E-state index contributed by atoms with van der Waals surface area (Å²) >= 11 is 0. The first-order chi connectivity index (χ1) is 26.6. The number of imidazole rings is 2. The molecule has 2 aromatic carbocycles. The molecule has 4 heterocycles. The van der Waals surface area contributed by atoms with Crippen LogP contribution in [-0.2, 0) is 24.1 Å². The van der Waals surface area contributed by atoms with Gasteiger partial charge in [-0.1, -0.05) is 72.9 Å². The van der Waals surface area contributed by atoms with Gasteiger partial charge in [-0.25, -0.2) is 19.8 Å². The van der Waals surface area contributed by atoms with E-state index in [1.54, 1.807) is 0 Å². The predicted octanol–water partition coefficient (Wildman–Crippen LogP) is 8.29. The van der Waals surface area contributed by atoms with Crippen molar-refractivity contribution in [3.8, 4) is 11.3 Å². The first-order valence-electron chi connectivity index (χ1n) is 19.4. The molecule has 3 N–H and O–H groups in total. The van der Waals surface area contributed by atoms with Crippen molar-refractivity contribution in [2.75, 3.05) is 27.3 Å². The number of aromatic amines is 2. The number of nitrogens with zero attached hydrogens (tertiary/aromatic N) is 5. The van der Waals surface area contributed by atoms with Crippen LogP contribution >= 0.6 is 54.0 Å². The molecule has 0 bridgehead atoms. The highest BCUT2D eigenvalue weighted by Crippen LogP contribution is 2.55. The van der Waals surface area contributed by atoms with Crippen molar-refractivity contribution in [3.05, 3.63) is 71.4 Å². The Bertz CT molecular complexity index is 2040. The topological polar surface area (TPSA) is 167 Å². The maximum Gasteiger partial charge on any atom is 0.407 e. The lowest BCUT2D eigenvalue weighted by Crippen LogP contribution is -2.51. The van der Waals surface area contributed by atoms with Crippen LogP contribution in [0.5, 0.6) is 0 Å². The third-order valence-corrected chi connectivity index (χ3v) is 11.3. The Labute approximate surface area is 388 Å². The molecule has 14 nitrogen and oxygen atoms in total. The quantitative estimate of drug-likeness (QED) is 0.0522. The predicted molar refractivity (Wildman–Crippen MR) is 262 cm³/mol. The summed E-state index contributed by atoms with van der Waals surface area (Å²) < 4.78 is 4.78. The maximum absolute atomic E-state index is 13.6. The number of carbonyl (C=O) groups is 3. The number of carbonyl (C=O) groups excluding carboxylic acids is 3. The van der Waals surface area contributed by atoms with Gasteiger partial charge in [0.1, 0.15) is 23.7 Å². The van der Waals surface area contributed by atoms with Crippen molar-refractivity contribution < 1.29 is 28.9 Å². The minimum Gasteiger partial charge on any atom is -0.453 e. The summed E-state index contributed by atoms with van der Waals surface area (Å²) in [4.78, 5) is 73.3. The highest BCUT2D eigenvalue weighted by Gasteiger charge is 2.41. The van der Waals surface area contributed by atoms with E-state index in [1.807, 2.05) is 43.7 Å². The molecule has 4 aromatic rings. The van der Waals surface area contributed by atoms with Gasteiger partial charge >= 0.3 is 6.09 Å². The molecular formula is C43H68N8O6S4. The molecule has 1 saturated carbocycles. The molecule has 6 atom stereocenters. The van der Waals surface area contributed by atoms with E-state index in [9.17, 15) is 14.4 Å². The van der Waals surface area contributed by atoms with Crippen LogP contribution in [0.15, 0.2) is 53.7 Å². The molecule has 0 unspecified atom stereocenters. The largest absolute Gasteiger partial charge is 0.453 e. The van der Waals surface area contributed by atoms with Gasteiger partial charge in [0.2, 0.25) is 18.2 Å². The molecule has 18 heteroatoms. The van der Waals surface area contributed by atoms with Gasteiger partial charge < -0.3 is 34.7 Å². The summed E-state index contributed by atoms with van der Waals surface area (Å²) in [6, 6.07) is 13.6. The first-order valence-corrected chi connectivity index (χ1v) is 19.4. The lowest BCUT2D eigenvalue weighted by Gasteiger charge is -2.29. The minimum atomic E-state index is -0.673. The monoisotopic (exact) mass is 920 g/mol. The molecular weight excluding hydrogens is 853 g/mol. The van der Waals surface area contributed by atoms with E-state index < -0.39 is 18.2 Å². The third-order valence-electron chi connectivity index (χ3n) is 11.3. The van der Waals surface area contributed by atoms with Crippen molar-refractivity contribution >= 4 is 89.3 Å². The van der Waals surface area contributed by atoms with E-state index >= 15 is 0 Å². The number of ether oxygens (including phenoxy) is 1. The molecule has 61 heavy (non-hydrogen) atoms.